The SMILES string of the molecule is CC1CCN(NC(=O)NS(=O)(=O)c2ccc(CCNC(=O)COc3ccccc3)cc2)CC1. The van der Waals surface area contributed by atoms with Crippen LogP contribution in [0.4, 0.5) is 4.79 Å². The van der Waals surface area contributed by atoms with E-state index in [1.807, 2.05) is 22.9 Å². The standard InChI is InChI=1S/C23H30N4O5S/c1-18-12-15-27(16-13-18)25-23(29)26-33(30,31)21-9-7-19(8-10-21)11-14-24-22(28)17-32-20-5-3-2-4-6-20/h2-10,18H,11-17H2,1H3,(H,24,28)(H2,25,26,29). The van der Waals surface area contributed by atoms with E-state index in [4.69, 9.17) is 4.74 Å². The van der Waals surface area contributed by atoms with Crippen LogP contribution in [0.5, 0.6) is 5.75 Å². The highest BCUT2D eigenvalue weighted by atomic mass is 32.2. The highest BCUT2D eigenvalue weighted by molar-refractivity contribution is 7.90. The summed E-state index contributed by atoms with van der Waals surface area (Å²) >= 11 is 0. The van der Waals surface area contributed by atoms with E-state index in [1.165, 1.54) is 12.1 Å². The number of hydrazine groups is 1. The maximum Gasteiger partial charge on any atom is 0.343 e. The molecular weight excluding hydrogens is 444 g/mol. The normalized spacial score (nSPS) is 14.9. The number of hydrogen-bond donors (Lipinski definition) is 3. The summed E-state index contributed by atoms with van der Waals surface area (Å²) in [7, 11) is -3.98. The molecule has 0 bridgehead atoms. The zero-order valence-corrected chi connectivity index (χ0v) is 19.4. The molecule has 0 atom stereocenters. The third-order valence-corrected chi connectivity index (χ3v) is 6.70. The minimum atomic E-state index is -3.98. The summed E-state index contributed by atoms with van der Waals surface area (Å²) in [5.41, 5.74) is 3.44. The number of piperidine rings is 1. The molecule has 1 aliphatic rings. The number of nitrogens with zero attached hydrogens (tertiary/aromatic N) is 1. The summed E-state index contributed by atoms with van der Waals surface area (Å²) in [5.74, 6) is 0.984. The van der Waals surface area contributed by atoms with Gasteiger partial charge >= 0.3 is 6.03 Å². The van der Waals surface area contributed by atoms with Gasteiger partial charge in [-0.3, -0.25) is 10.2 Å². The fraction of sp³-hybridized carbons (Fsp3) is 0.391. The van der Waals surface area contributed by atoms with Gasteiger partial charge in [-0.1, -0.05) is 37.3 Å². The molecule has 178 valence electrons. The molecule has 1 fully saturated rings. The number of hydrogen-bond acceptors (Lipinski definition) is 6. The van der Waals surface area contributed by atoms with Crippen LogP contribution in [0.25, 0.3) is 0 Å². The van der Waals surface area contributed by atoms with Crippen molar-refractivity contribution in [2.24, 2.45) is 5.92 Å². The first kappa shape index (κ1) is 24.5. The van der Waals surface area contributed by atoms with Crippen molar-refractivity contribution < 1.29 is 22.7 Å². The first-order valence-electron chi connectivity index (χ1n) is 10.9. The number of sulfonamides is 1. The van der Waals surface area contributed by atoms with Gasteiger partial charge in [0.15, 0.2) is 6.61 Å². The molecule has 2 aromatic rings. The maximum absolute atomic E-state index is 12.5. The number of rotatable bonds is 9. The van der Waals surface area contributed by atoms with Crippen LogP contribution in [0.1, 0.15) is 25.3 Å². The van der Waals surface area contributed by atoms with Gasteiger partial charge in [-0.15, -0.1) is 0 Å². The van der Waals surface area contributed by atoms with Crippen LogP contribution in [-0.2, 0) is 21.2 Å². The van der Waals surface area contributed by atoms with Crippen LogP contribution >= 0.6 is 0 Å². The molecule has 2 aromatic carbocycles. The zero-order valence-electron chi connectivity index (χ0n) is 18.6. The Morgan fingerprint density at radius 3 is 2.36 bits per heavy atom. The van der Waals surface area contributed by atoms with E-state index in [0.717, 1.165) is 18.4 Å². The molecule has 33 heavy (non-hydrogen) atoms. The summed E-state index contributed by atoms with van der Waals surface area (Å²) < 4.78 is 32.4. The Kier molecular flexibility index (Phi) is 8.67. The van der Waals surface area contributed by atoms with Crippen LogP contribution in [0.2, 0.25) is 0 Å². The highest BCUT2D eigenvalue weighted by Gasteiger charge is 2.21. The van der Waals surface area contributed by atoms with E-state index < -0.39 is 16.1 Å². The second-order valence-corrected chi connectivity index (χ2v) is 9.74. The molecule has 0 spiro atoms. The monoisotopic (exact) mass is 474 g/mol. The summed E-state index contributed by atoms with van der Waals surface area (Å²) in [6.07, 6.45) is 2.43. The average molecular weight is 475 g/mol. The van der Waals surface area contributed by atoms with Gasteiger partial charge in [0.25, 0.3) is 15.9 Å². The molecule has 0 saturated carbocycles. The quantitative estimate of drug-likeness (QED) is 0.512. The minimum Gasteiger partial charge on any atom is -0.484 e. The molecule has 0 aromatic heterocycles. The predicted molar refractivity (Wildman–Crippen MR) is 124 cm³/mol. The molecule has 3 amide bonds. The fourth-order valence-corrected chi connectivity index (χ4v) is 4.27. The summed E-state index contributed by atoms with van der Waals surface area (Å²) in [6.45, 7) is 3.85. The maximum atomic E-state index is 12.5. The van der Waals surface area contributed by atoms with Crippen molar-refractivity contribution in [2.45, 2.75) is 31.1 Å². The van der Waals surface area contributed by atoms with E-state index in [-0.39, 0.29) is 17.4 Å². The summed E-state index contributed by atoms with van der Waals surface area (Å²) in [6, 6.07) is 14.5. The van der Waals surface area contributed by atoms with Crippen LogP contribution in [0.3, 0.4) is 0 Å². The average Bonchev–Trinajstić information content (AvgIpc) is 2.80. The molecule has 1 aliphatic heterocycles. The Bertz CT molecular complexity index is 1020. The molecular formula is C23H30N4O5S. The van der Waals surface area contributed by atoms with Gasteiger partial charge in [0.1, 0.15) is 5.75 Å². The molecule has 1 heterocycles. The number of carbonyl (C=O) groups excluding carboxylic acids is 2. The third-order valence-electron chi connectivity index (χ3n) is 5.35. The van der Waals surface area contributed by atoms with Gasteiger partial charge in [-0.25, -0.2) is 22.9 Å². The first-order chi connectivity index (χ1) is 15.8. The molecule has 0 radical (unpaired) electrons. The van der Waals surface area contributed by atoms with Gasteiger partial charge < -0.3 is 10.1 Å². The minimum absolute atomic E-state index is 0.00559. The summed E-state index contributed by atoms with van der Waals surface area (Å²) in [5, 5.41) is 4.49. The molecule has 0 aliphatic carbocycles. The molecule has 0 unspecified atom stereocenters. The zero-order chi connectivity index (χ0) is 23.7. The van der Waals surface area contributed by atoms with Gasteiger partial charge in [0.05, 0.1) is 4.90 Å². The second kappa shape index (κ2) is 11.7. The van der Waals surface area contributed by atoms with E-state index >= 15 is 0 Å². The predicted octanol–water partition coefficient (Wildman–Crippen LogP) is 2.06. The van der Waals surface area contributed by atoms with E-state index in [9.17, 15) is 18.0 Å². The van der Waals surface area contributed by atoms with Gasteiger partial charge in [-0.2, -0.15) is 0 Å². The van der Waals surface area contributed by atoms with Crippen molar-refractivity contribution in [3.63, 3.8) is 0 Å². The number of para-hydroxylation sites is 1. The summed E-state index contributed by atoms with van der Waals surface area (Å²) in [4.78, 5) is 24.0. The topological polar surface area (TPSA) is 117 Å². The lowest BCUT2D eigenvalue weighted by atomic mass is 10.0. The van der Waals surface area contributed by atoms with Crippen LogP contribution in [-0.4, -0.2) is 51.6 Å². The van der Waals surface area contributed by atoms with Crippen LogP contribution in [0, 0.1) is 5.92 Å². The molecule has 3 N–H and O–H groups in total. The van der Waals surface area contributed by atoms with Crippen molar-refractivity contribution in [1.82, 2.24) is 20.5 Å². The Morgan fingerprint density at radius 2 is 1.70 bits per heavy atom. The van der Waals surface area contributed by atoms with Gasteiger partial charge in [0, 0.05) is 19.6 Å². The van der Waals surface area contributed by atoms with Crippen molar-refractivity contribution in [3.05, 3.63) is 60.2 Å². The lowest BCUT2D eigenvalue weighted by Crippen LogP contribution is -2.51. The number of ether oxygens (including phenoxy) is 1. The van der Waals surface area contributed by atoms with Crippen molar-refractivity contribution in [1.29, 1.82) is 0 Å². The Morgan fingerprint density at radius 1 is 1.03 bits per heavy atom. The van der Waals surface area contributed by atoms with Gasteiger partial charge in [0.2, 0.25) is 0 Å². The van der Waals surface area contributed by atoms with Crippen LogP contribution < -0.4 is 20.2 Å². The van der Waals surface area contributed by atoms with E-state index in [2.05, 4.69) is 17.7 Å². The van der Waals surface area contributed by atoms with Gasteiger partial charge in [-0.05, 0) is 55.0 Å². The highest BCUT2D eigenvalue weighted by Crippen LogP contribution is 2.14. The number of nitrogens with one attached hydrogen (secondary N) is 3. The smallest absolute Gasteiger partial charge is 0.343 e. The van der Waals surface area contributed by atoms with Crippen molar-refractivity contribution in [2.75, 3.05) is 26.2 Å². The molecule has 9 nitrogen and oxygen atoms in total. The number of amides is 3. The Balaban J connectivity index is 1.41. The fourth-order valence-electron chi connectivity index (χ4n) is 3.37. The largest absolute Gasteiger partial charge is 0.484 e. The second-order valence-electron chi connectivity index (χ2n) is 8.06. The number of carbonyl (C=O) groups is 2. The first-order valence-corrected chi connectivity index (χ1v) is 12.4. The molecule has 10 heteroatoms. The Hall–Kier alpha value is -3.11. The lowest BCUT2D eigenvalue weighted by Gasteiger charge is -2.30. The lowest BCUT2D eigenvalue weighted by molar-refractivity contribution is -0.123. The van der Waals surface area contributed by atoms with E-state index in [0.29, 0.717) is 37.7 Å². The molecule has 1 saturated heterocycles. The number of benzene rings is 2. The van der Waals surface area contributed by atoms with Crippen molar-refractivity contribution >= 4 is 22.0 Å². The third kappa shape index (κ3) is 8.07. The number of urea groups is 1. The van der Waals surface area contributed by atoms with Crippen LogP contribution in [0.15, 0.2) is 59.5 Å². The van der Waals surface area contributed by atoms with Crippen molar-refractivity contribution in [3.8, 4) is 5.75 Å². The Labute approximate surface area is 194 Å². The van der Waals surface area contributed by atoms with E-state index in [1.54, 1.807) is 29.3 Å². The molecule has 3 rings (SSSR count).